The molecule has 1 atom stereocenters. The van der Waals surface area contributed by atoms with Crippen molar-refractivity contribution < 1.29 is 14.4 Å². The van der Waals surface area contributed by atoms with Crippen molar-refractivity contribution in [1.29, 1.82) is 0 Å². The van der Waals surface area contributed by atoms with Crippen molar-refractivity contribution in [2.75, 3.05) is 6.35 Å². The van der Waals surface area contributed by atoms with Crippen molar-refractivity contribution in [2.45, 2.75) is 0 Å². The van der Waals surface area contributed by atoms with Gasteiger partial charge in [-0.15, -0.1) is 0 Å². The van der Waals surface area contributed by atoms with Crippen molar-refractivity contribution in [3.8, 4) is 11.5 Å². The Morgan fingerprint density at radius 1 is 1.55 bits per heavy atom. The van der Waals surface area contributed by atoms with Crippen LogP contribution in [0, 0.1) is 0 Å². The smallest absolute Gasteiger partial charge is 0.425 e. The van der Waals surface area contributed by atoms with Crippen molar-refractivity contribution in [2.24, 2.45) is 0 Å². The number of phenolic OH excluding ortho intramolecular Hbond substituents is 1. The molecule has 0 aliphatic carbocycles. The normalized spacial score (nSPS) is 17.6. The fourth-order valence-electron chi connectivity index (χ4n) is 1.07. The average molecular weight is 169 g/mol. The molecule has 0 aromatic heterocycles. The summed E-state index contributed by atoms with van der Waals surface area (Å²) in [5.74, 6) is 0.618. The first kappa shape index (κ1) is 6.62. The Morgan fingerprint density at radius 2 is 2.36 bits per heavy atom. The second-order valence-electron chi connectivity index (χ2n) is 2.28. The van der Waals surface area contributed by atoms with Crippen LogP contribution in [0.1, 0.15) is 0 Å². The fourth-order valence-corrected chi connectivity index (χ4v) is 2.17. The minimum atomic E-state index is -1.52. The average Bonchev–Trinajstić information content (AvgIpc) is 2.34. The standard InChI is InChI=1S/C7H5O3P/c8-5-2-1-3-6-7(5)11(9)4-10-6/h1-3H,4H2/p+1. The summed E-state index contributed by atoms with van der Waals surface area (Å²) in [5, 5.41) is 9.70. The van der Waals surface area contributed by atoms with E-state index in [0.29, 0.717) is 11.1 Å². The molecule has 3 nitrogen and oxygen atoms in total. The Hall–Kier alpha value is -1.08. The largest absolute Gasteiger partial charge is 0.504 e. The summed E-state index contributed by atoms with van der Waals surface area (Å²) in [4.78, 5) is 0. The van der Waals surface area contributed by atoms with Crippen LogP contribution >= 0.6 is 7.80 Å². The van der Waals surface area contributed by atoms with Crippen LogP contribution in [0.4, 0.5) is 0 Å². The van der Waals surface area contributed by atoms with E-state index in [1.165, 1.54) is 6.07 Å². The summed E-state index contributed by atoms with van der Waals surface area (Å²) in [5.41, 5.74) is 0. The Kier molecular flexibility index (Phi) is 1.33. The van der Waals surface area contributed by atoms with Gasteiger partial charge in [-0.25, -0.2) is 0 Å². The van der Waals surface area contributed by atoms with E-state index in [1.807, 2.05) is 0 Å². The molecule has 1 aromatic carbocycles. The maximum atomic E-state index is 11.1. The van der Waals surface area contributed by atoms with Crippen LogP contribution in [-0.4, -0.2) is 11.5 Å². The summed E-state index contributed by atoms with van der Waals surface area (Å²) < 4.78 is 16.2. The van der Waals surface area contributed by atoms with Crippen LogP contribution in [-0.2, 0) is 4.57 Å². The summed E-state index contributed by atoms with van der Waals surface area (Å²) in [6.45, 7) is 0. The third-order valence-corrected chi connectivity index (χ3v) is 2.88. The molecular weight excluding hydrogens is 163 g/mol. The first-order chi connectivity index (χ1) is 5.29. The summed E-state index contributed by atoms with van der Waals surface area (Å²) >= 11 is 0. The first-order valence-electron chi connectivity index (χ1n) is 3.18. The van der Waals surface area contributed by atoms with Gasteiger partial charge in [0.2, 0.25) is 0 Å². The summed E-state index contributed by atoms with van der Waals surface area (Å²) in [6.07, 6.45) is 0.197. The van der Waals surface area contributed by atoms with Crippen LogP contribution in [0.3, 0.4) is 0 Å². The Balaban J connectivity index is 2.68. The van der Waals surface area contributed by atoms with Crippen LogP contribution in [0.2, 0.25) is 0 Å². The zero-order valence-electron chi connectivity index (χ0n) is 5.65. The predicted octanol–water partition coefficient (Wildman–Crippen LogP) is 1.19. The number of fused-ring (bicyclic) bond motifs is 1. The molecule has 0 saturated carbocycles. The topological polar surface area (TPSA) is 46.5 Å². The first-order valence-corrected chi connectivity index (χ1v) is 4.63. The Morgan fingerprint density at radius 3 is 3.09 bits per heavy atom. The highest BCUT2D eigenvalue weighted by Gasteiger charge is 2.36. The number of benzene rings is 1. The predicted molar refractivity (Wildman–Crippen MR) is 40.8 cm³/mol. The maximum Gasteiger partial charge on any atom is 0.425 e. The minimum absolute atomic E-state index is 0.0705. The van der Waals surface area contributed by atoms with Crippen molar-refractivity contribution >= 4 is 13.1 Å². The van der Waals surface area contributed by atoms with Gasteiger partial charge in [-0.2, -0.15) is 0 Å². The zero-order chi connectivity index (χ0) is 7.84. The SMILES string of the molecule is O=[P+]1COc2cccc(O)c21. The lowest BCUT2D eigenvalue weighted by Crippen LogP contribution is -1.92. The van der Waals surface area contributed by atoms with Gasteiger partial charge in [0.1, 0.15) is 0 Å². The molecule has 1 N–H and O–H groups in total. The maximum absolute atomic E-state index is 11.1. The third-order valence-electron chi connectivity index (χ3n) is 1.56. The molecule has 11 heavy (non-hydrogen) atoms. The van der Waals surface area contributed by atoms with Crippen LogP contribution in [0.5, 0.6) is 11.5 Å². The summed E-state index contributed by atoms with van der Waals surface area (Å²) in [6, 6.07) is 4.89. The number of hydrogen-bond acceptors (Lipinski definition) is 3. The molecule has 2 rings (SSSR count). The van der Waals surface area contributed by atoms with Crippen LogP contribution in [0.25, 0.3) is 0 Å². The highest BCUT2D eigenvalue weighted by molar-refractivity contribution is 7.54. The van der Waals surface area contributed by atoms with Gasteiger partial charge >= 0.3 is 7.80 Å². The molecule has 0 amide bonds. The van der Waals surface area contributed by atoms with Crippen molar-refractivity contribution in [3.63, 3.8) is 0 Å². The molecule has 0 radical (unpaired) electrons. The van der Waals surface area contributed by atoms with Crippen molar-refractivity contribution in [3.05, 3.63) is 18.2 Å². The molecule has 4 heteroatoms. The van der Waals surface area contributed by atoms with Gasteiger partial charge in [0, 0.05) is 0 Å². The van der Waals surface area contributed by atoms with Crippen LogP contribution < -0.4 is 10.0 Å². The van der Waals surface area contributed by atoms with Gasteiger partial charge in [0.05, 0.1) is 0 Å². The monoisotopic (exact) mass is 169 g/mol. The summed E-state index contributed by atoms with van der Waals surface area (Å²) in [7, 11) is -1.52. The number of aromatic hydroxyl groups is 1. The molecule has 1 aliphatic rings. The van der Waals surface area contributed by atoms with E-state index in [0.717, 1.165) is 0 Å². The molecule has 56 valence electrons. The van der Waals surface area contributed by atoms with E-state index in [-0.39, 0.29) is 12.1 Å². The quantitative estimate of drug-likeness (QED) is 0.593. The molecule has 0 bridgehead atoms. The van der Waals surface area contributed by atoms with Gasteiger partial charge in [-0.3, -0.25) is 0 Å². The molecule has 0 spiro atoms. The van der Waals surface area contributed by atoms with E-state index >= 15 is 0 Å². The number of phenols is 1. The van der Waals surface area contributed by atoms with Gasteiger partial charge in [-0.1, -0.05) is 10.6 Å². The van der Waals surface area contributed by atoms with E-state index in [9.17, 15) is 9.67 Å². The highest BCUT2D eigenvalue weighted by Crippen LogP contribution is 2.37. The lowest BCUT2D eigenvalue weighted by molar-refractivity contribution is 0.395. The minimum Gasteiger partial charge on any atom is -0.504 e. The number of hydrogen-bond donors (Lipinski definition) is 1. The lowest BCUT2D eigenvalue weighted by Gasteiger charge is -1.91. The van der Waals surface area contributed by atoms with Crippen molar-refractivity contribution in [1.82, 2.24) is 0 Å². The van der Waals surface area contributed by atoms with E-state index in [1.54, 1.807) is 12.1 Å². The number of rotatable bonds is 0. The molecule has 0 saturated heterocycles. The lowest BCUT2D eigenvalue weighted by atomic mass is 10.3. The Labute approximate surface area is 64.4 Å². The van der Waals surface area contributed by atoms with Gasteiger partial charge in [-0.05, 0) is 12.1 Å². The van der Waals surface area contributed by atoms with Gasteiger partial charge in [0.25, 0.3) is 11.7 Å². The van der Waals surface area contributed by atoms with Gasteiger partial charge < -0.3 is 9.84 Å². The highest BCUT2D eigenvalue weighted by atomic mass is 31.1. The molecular formula is C7H6O3P+. The van der Waals surface area contributed by atoms with Gasteiger partial charge in [0.15, 0.2) is 11.5 Å². The molecule has 1 heterocycles. The second-order valence-corrected chi connectivity index (χ2v) is 3.74. The van der Waals surface area contributed by atoms with E-state index in [4.69, 9.17) is 4.74 Å². The molecule has 0 fully saturated rings. The fraction of sp³-hybridized carbons (Fsp3) is 0.143. The zero-order valence-corrected chi connectivity index (χ0v) is 6.54. The van der Waals surface area contributed by atoms with Crippen LogP contribution in [0.15, 0.2) is 18.2 Å². The molecule has 1 aliphatic heterocycles. The third kappa shape index (κ3) is 0.889. The Bertz CT molecular complexity index is 321. The van der Waals surface area contributed by atoms with E-state index < -0.39 is 7.80 Å². The molecule has 1 unspecified atom stereocenters. The number of ether oxygens (including phenoxy) is 1. The molecule has 1 aromatic rings. The van der Waals surface area contributed by atoms with E-state index in [2.05, 4.69) is 0 Å². The second kappa shape index (κ2) is 2.21.